The van der Waals surface area contributed by atoms with E-state index in [1.165, 1.54) is 0 Å². The summed E-state index contributed by atoms with van der Waals surface area (Å²) in [6, 6.07) is 0. The average molecular weight is 270 g/mol. The molecule has 8 heteroatoms. The van der Waals surface area contributed by atoms with E-state index < -0.39 is 20.4 Å². The van der Waals surface area contributed by atoms with E-state index in [1.807, 2.05) is 0 Å². The molecule has 0 unspecified atom stereocenters. The van der Waals surface area contributed by atoms with Gasteiger partial charge in [0, 0.05) is 0 Å². The minimum Gasteiger partial charge on any atom is -0.334 e. The summed E-state index contributed by atoms with van der Waals surface area (Å²) in [6.07, 6.45) is 0.959. The smallest absolute Gasteiger partial charge is 0.264 e. The largest absolute Gasteiger partial charge is 0.334 e. The minimum atomic E-state index is -3.47. The number of hydrogen-bond donors (Lipinski definition) is 0. The molecule has 0 atom stereocenters. The minimum absolute atomic E-state index is 0.0610. The van der Waals surface area contributed by atoms with Gasteiger partial charge in [0.1, 0.15) is 0 Å². The molecule has 0 aromatic heterocycles. The van der Waals surface area contributed by atoms with Gasteiger partial charge in [-0.05, 0) is 25.0 Å². The lowest BCUT2D eigenvalue weighted by molar-refractivity contribution is 0.339. The van der Waals surface area contributed by atoms with Crippen LogP contribution in [-0.2, 0) is 29.3 Å². The molecule has 0 N–H and O–H groups in total. The molecular formula is C8H14O6S2. The number of rotatable bonds is 6. The van der Waals surface area contributed by atoms with Gasteiger partial charge in [-0.15, -0.1) is 0 Å². The maximum absolute atomic E-state index is 10.7. The Kier molecular flexibility index (Phi) is 6.49. The maximum atomic E-state index is 10.7. The van der Waals surface area contributed by atoms with E-state index in [1.54, 1.807) is 13.8 Å². The van der Waals surface area contributed by atoms with Crippen LogP contribution in [0.25, 0.3) is 0 Å². The van der Waals surface area contributed by atoms with Crippen molar-refractivity contribution in [2.75, 3.05) is 19.5 Å². The van der Waals surface area contributed by atoms with Crippen LogP contribution in [-0.4, -0.2) is 41.9 Å². The summed E-state index contributed by atoms with van der Waals surface area (Å²) >= 11 is 0. The van der Waals surface area contributed by atoms with Crippen molar-refractivity contribution in [1.29, 1.82) is 0 Å². The van der Waals surface area contributed by atoms with Gasteiger partial charge in [0.05, 0.1) is 19.5 Å². The molecule has 0 amide bonds. The molecule has 6 nitrogen and oxygen atoms in total. The highest BCUT2D eigenvalue weighted by molar-refractivity contribution is 7.86. The highest BCUT2D eigenvalue weighted by atomic mass is 32.2. The average Bonchev–Trinajstić information content (AvgIpc) is 2.12. The molecule has 0 radical (unpaired) electrons. The van der Waals surface area contributed by atoms with Crippen molar-refractivity contribution >= 4 is 26.0 Å². The zero-order chi connectivity index (χ0) is 12.8. The molecule has 0 aliphatic rings. The molecule has 16 heavy (non-hydrogen) atoms. The molecule has 0 bridgehead atoms. The summed E-state index contributed by atoms with van der Waals surface area (Å²) < 4.78 is 50.9. The molecule has 0 aliphatic heterocycles. The van der Waals surface area contributed by atoms with Crippen LogP contribution in [0.3, 0.4) is 0 Å². The zero-order valence-corrected chi connectivity index (χ0v) is 10.9. The third-order valence-corrected chi connectivity index (χ3v) is 2.50. The van der Waals surface area contributed by atoms with E-state index in [0.29, 0.717) is 16.7 Å². The van der Waals surface area contributed by atoms with Crippen molar-refractivity contribution in [3.63, 3.8) is 0 Å². The Bertz CT molecular complexity index is 475. The van der Waals surface area contributed by atoms with Crippen molar-refractivity contribution in [1.82, 2.24) is 0 Å². The molecule has 94 valence electrons. The van der Waals surface area contributed by atoms with Gasteiger partial charge < -0.3 is 4.74 Å². The first-order valence-corrected chi connectivity index (χ1v) is 7.20. The second kappa shape index (κ2) is 6.79. The Morgan fingerprint density at radius 1 is 1.19 bits per heavy atom. The van der Waals surface area contributed by atoms with E-state index in [4.69, 9.17) is 4.74 Å². The molecule has 0 saturated carbocycles. The fraction of sp³-hybridized carbons (Fsp3) is 0.625. The van der Waals surface area contributed by atoms with Gasteiger partial charge in [0.2, 0.25) is 10.3 Å². The standard InChI is InChI=1S/C8H14O6S2/c1-7(4-13-6-15(9)10)8(2)5-14-16(3,11)12/h6H,4-5H2,1-3H3/b8-7-. The molecule has 0 aromatic rings. The Morgan fingerprint density at radius 3 is 2.12 bits per heavy atom. The second-order valence-electron chi connectivity index (χ2n) is 3.19. The summed E-state index contributed by atoms with van der Waals surface area (Å²) in [7, 11) is -5.83. The van der Waals surface area contributed by atoms with E-state index in [2.05, 4.69) is 4.18 Å². The lowest BCUT2D eigenvalue weighted by atomic mass is 10.2. The SMILES string of the molecule is C/C(COC=S(=O)=O)=C(\C)COS(C)(=O)=O. The van der Waals surface area contributed by atoms with Crippen molar-refractivity contribution in [2.24, 2.45) is 0 Å². The lowest BCUT2D eigenvalue weighted by Gasteiger charge is -2.06. The van der Waals surface area contributed by atoms with Gasteiger partial charge in [-0.2, -0.15) is 16.8 Å². The van der Waals surface area contributed by atoms with E-state index in [-0.39, 0.29) is 13.2 Å². The van der Waals surface area contributed by atoms with Crippen LogP contribution in [0.5, 0.6) is 0 Å². The first kappa shape index (κ1) is 15.3. The third-order valence-electron chi connectivity index (χ3n) is 1.66. The van der Waals surface area contributed by atoms with Crippen LogP contribution in [0, 0.1) is 0 Å². The molecule has 0 aliphatic carbocycles. The molecule has 0 aromatic carbocycles. The van der Waals surface area contributed by atoms with E-state index in [0.717, 1.165) is 6.26 Å². The Morgan fingerprint density at radius 2 is 1.69 bits per heavy atom. The summed E-state index contributed by atoms with van der Waals surface area (Å²) in [4.78, 5) is 0. The normalized spacial score (nSPS) is 13.2. The summed E-state index contributed by atoms with van der Waals surface area (Å²) in [6.45, 7) is 3.39. The Hall–Kier alpha value is -0.700. The van der Waals surface area contributed by atoms with Crippen molar-refractivity contribution in [3.05, 3.63) is 11.1 Å². The highest BCUT2D eigenvalue weighted by Crippen LogP contribution is 2.05. The summed E-state index contributed by atoms with van der Waals surface area (Å²) in [5.74, 6) is 0. The molecule has 0 fully saturated rings. The first-order chi connectivity index (χ1) is 7.22. The van der Waals surface area contributed by atoms with Crippen LogP contribution >= 0.6 is 0 Å². The van der Waals surface area contributed by atoms with Crippen LogP contribution in [0.15, 0.2) is 11.1 Å². The van der Waals surface area contributed by atoms with Gasteiger partial charge in [0.15, 0.2) is 5.55 Å². The van der Waals surface area contributed by atoms with Crippen LogP contribution < -0.4 is 0 Å². The van der Waals surface area contributed by atoms with Gasteiger partial charge in [0.25, 0.3) is 10.1 Å². The molecule has 0 spiro atoms. The molecule has 0 saturated heterocycles. The molecule has 0 heterocycles. The first-order valence-electron chi connectivity index (χ1n) is 4.25. The van der Waals surface area contributed by atoms with Crippen molar-refractivity contribution < 1.29 is 25.8 Å². The van der Waals surface area contributed by atoms with Gasteiger partial charge in [-0.1, -0.05) is 0 Å². The van der Waals surface area contributed by atoms with Gasteiger partial charge >= 0.3 is 0 Å². The van der Waals surface area contributed by atoms with Crippen LogP contribution in [0.1, 0.15) is 13.8 Å². The monoisotopic (exact) mass is 270 g/mol. The number of hydrogen-bond acceptors (Lipinski definition) is 6. The van der Waals surface area contributed by atoms with E-state index >= 15 is 0 Å². The fourth-order valence-electron chi connectivity index (χ4n) is 0.656. The maximum Gasteiger partial charge on any atom is 0.264 e. The summed E-state index contributed by atoms with van der Waals surface area (Å²) in [5, 5.41) is 0. The fourth-order valence-corrected chi connectivity index (χ4v) is 1.23. The predicted molar refractivity (Wildman–Crippen MR) is 60.1 cm³/mol. The van der Waals surface area contributed by atoms with Crippen LogP contribution in [0.2, 0.25) is 0 Å². The van der Waals surface area contributed by atoms with Gasteiger partial charge in [-0.25, -0.2) is 0 Å². The lowest BCUT2D eigenvalue weighted by Crippen LogP contribution is -2.07. The second-order valence-corrected chi connectivity index (χ2v) is 5.55. The van der Waals surface area contributed by atoms with Crippen molar-refractivity contribution in [2.45, 2.75) is 13.8 Å². The summed E-state index contributed by atoms with van der Waals surface area (Å²) in [5.41, 5.74) is 2.06. The van der Waals surface area contributed by atoms with Crippen molar-refractivity contribution in [3.8, 4) is 0 Å². The van der Waals surface area contributed by atoms with E-state index in [9.17, 15) is 16.8 Å². The molecular weight excluding hydrogens is 256 g/mol. The quantitative estimate of drug-likeness (QED) is 0.382. The highest BCUT2D eigenvalue weighted by Gasteiger charge is 2.04. The zero-order valence-electron chi connectivity index (χ0n) is 9.26. The topological polar surface area (TPSA) is 86.7 Å². The predicted octanol–water partition coefficient (Wildman–Crippen LogP) is -0.0456. The number of ether oxygens (including phenoxy) is 1. The Balaban J connectivity index is 4.31. The van der Waals surface area contributed by atoms with Gasteiger partial charge in [-0.3, -0.25) is 4.18 Å². The third kappa shape index (κ3) is 8.60. The Labute approximate surface area is 96.5 Å². The molecule has 0 rings (SSSR count). The van der Waals surface area contributed by atoms with Crippen LogP contribution in [0.4, 0.5) is 0 Å².